The summed E-state index contributed by atoms with van der Waals surface area (Å²) in [4.78, 5) is 12.3. The molecule has 0 aromatic heterocycles. The molecule has 1 amide bonds. The fourth-order valence-electron chi connectivity index (χ4n) is 2.94. The molecule has 0 spiro atoms. The minimum atomic E-state index is 0.0272. The number of amides is 1. The van der Waals surface area contributed by atoms with Crippen LogP contribution in [0.3, 0.4) is 0 Å². The number of nitrogens with two attached hydrogens (primary N) is 1. The molecule has 1 aromatic rings. The maximum absolute atomic E-state index is 12.3. The zero-order valence-electron chi connectivity index (χ0n) is 12.7. The lowest BCUT2D eigenvalue weighted by Gasteiger charge is -2.30. The van der Waals surface area contributed by atoms with Crippen LogP contribution in [0.25, 0.3) is 0 Å². The molecular formula is C17H26N2O. The molecule has 3 nitrogen and oxygen atoms in total. The minimum Gasteiger partial charge on any atom is -0.351 e. The summed E-state index contributed by atoms with van der Waals surface area (Å²) in [6.07, 6.45) is 5.45. The van der Waals surface area contributed by atoms with Gasteiger partial charge in [-0.2, -0.15) is 0 Å². The number of hydrogen-bond acceptors (Lipinski definition) is 2. The molecule has 0 aliphatic heterocycles. The molecule has 0 saturated heterocycles. The molecule has 3 heteroatoms. The molecular weight excluding hydrogens is 248 g/mol. The van der Waals surface area contributed by atoms with E-state index in [4.69, 9.17) is 5.73 Å². The lowest BCUT2D eigenvalue weighted by Crippen LogP contribution is -2.41. The third kappa shape index (κ3) is 3.04. The Hall–Kier alpha value is -1.35. The van der Waals surface area contributed by atoms with Gasteiger partial charge >= 0.3 is 0 Å². The van der Waals surface area contributed by atoms with Crippen molar-refractivity contribution in [3.8, 4) is 0 Å². The second-order valence-electron chi connectivity index (χ2n) is 5.93. The van der Waals surface area contributed by atoms with Gasteiger partial charge in [-0.25, -0.2) is 0 Å². The quantitative estimate of drug-likeness (QED) is 0.838. The number of carbonyl (C=O) groups excluding carboxylic acids is 1. The number of nitrogens with one attached hydrogen (secondary N) is 1. The summed E-state index contributed by atoms with van der Waals surface area (Å²) in [5.41, 5.74) is 9.44. The first-order valence-electron chi connectivity index (χ1n) is 7.74. The van der Waals surface area contributed by atoms with E-state index in [0.717, 1.165) is 31.2 Å². The van der Waals surface area contributed by atoms with Crippen LogP contribution in [0.2, 0.25) is 0 Å². The topological polar surface area (TPSA) is 55.1 Å². The second kappa shape index (κ2) is 6.40. The van der Waals surface area contributed by atoms with Crippen LogP contribution in [0, 0.1) is 5.41 Å². The number of aryl methyl sites for hydroxylation is 2. The summed E-state index contributed by atoms with van der Waals surface area (Å²) in [5, 5.41) is 3.06. The van der Waals surface area contributed by atoms with Gasteiger partial charge in [0, 0.05) is 12.1 Å². The molecule has 0 radical (unpaired) electrons. The van der Waals surface area contributed by atoms with Gasteiger partial charge in [-0.15, -0.1) is 0 Å². The highest BCUT2D eigenvalue weighted by atomic mass is 16.1. The number of benzene rings is 1. The Morgan fingerprint density at radius 3 is 2.60 bits per heavy atom. The van der Waals surface area contributed by atoms with Gasteiger partial charge in [-0.1, -0.05) is 19.9 Å². The Labute approximate surface area is 121 Å². The van der Waals surface area contributed by atoms with E-state index in [0.29, 0.717) is 13.1 Å². The monoisotopic (exact) mass is 274 g/mol. The van der Waals surface area contributed by atoms with E-state index < -0.39 is 0 Å². The lowest BCUT2D eigenvalue weighted by molar-refractivity contribution is 0.0928. The first-order valence-corrected chi connectivity index (χ1v) is 7.74. The highest BCUT2D eigenvalue weighted by Crippen LogP contribution is 2.25. The van der Waals surface area contributed by atoms with E-state index in [-0.39, 0.29) is 11.3 Å². The Morgan fingerprint density at radius 2 is 1.95 bits per heavy atom. The van der Waals surface area contributed by atoms with E-state index >= 15 is 0 Å². The Bertz CT molecular complexity index is 470. The summed E-state index contributed by atoms with van der Waals surface area (Å²) in [5.74, 6) is 0.0272. The van der Waals surface area contributed by atoms with Crippen LogP contribution in [0.15, 0.2) is 18.2 Å². The number of fused-ring (bicyclic) bond motifs is 1. The van der Waals surface area contributed by atoms with Crippen molar-refractivity contribution < 1.29 is 4.79 Å². The van der Waals surface area contributed by atoms with E-state index in [9.17, 15) is 4.79 Å². The maximum Gasteiger partial charge on any atom is 0.251 e. The zero-order chi connectivity index (χ0) is 14.6. The Morgan fingerprint density at radius 1 is 1.25 bits per heavy atom. The van der Waals surface area contributed by atoms with Gasteiger partial charge < -0.3 is 11.1 Å². The smallest absolute Gasteiger partial charge is 0.251 e. The molecule has 0 heterocycles. The van der Waals surface area contributed by atoms with Crippen molar-refractivity contribution in [1.29, 1.82) is 0 Å². The SMILES string of the molecule is CCC(CC)(CN)CNC(=O)c1ccc2c(c1)CCC2. The Kier molecular flexibility index (Phi) is 4.81. The van der Waals surface area contributed by atoms with Crippen molar-refractivity contribution in [1.82, 2.24) is 5.32 Å². The van der Waals surface area contributed by atoms with Crippen LogP contribution >= 0.6 is 0 Å². The van der Waals surface area contributed by atoms with Crippen LogP contribution in [0.1, 0.15) is 54.6 Å². The first-order chi connectivity index (χ1) is 9.64. The van der Waals surface area contributed by atoms with Crippen LogP contribution in [0.4, 0.5) is 0 Å². The van der Waals surface area contributed by atoms with Gasteiger partial charge in [0.05, 0.1) is 0 Å². The second-order valence-corrected chi connectivity index (χ2v) is 5.93. The van der Waals surface area contributed by atoms with Gasteiger partial charge in [-0.3, -0.25) is 4.79 Å². The molecule has 1 aromatic carbocycles. The van der Waals surface area contributed by atoms with Crippen molar-refractivity contribution in [3.05, 3.63) is 34.9 Å². The zero-order valence-corrected chi connectivity index (χ0v) is 12.7. The van der Waals surface area contributed by atoms with Crippen molar-refractivity contribution in [3.63, 3.8) is 0 Å². The molecule has 0 fully saturated rings. The van der Waals surface area contributed by atoms with E-state index in [1.165, 1.54) is 17.5 Å². The summed E-state index contributed by atoms with van der Waals surface area (Å²) in [6, 6.07) is 6.11. The van der Waals surface area contributed by atoms with Crippen molar-refractivity contribution in [2.24, 2.45) is 11.1 Å². The summed E-state index contributed by atoms with van der Waals surface area (Å²) in [7, 11) is 0. The average Bonchev–Trinajstić information content (AvgIpc) is 2.96. The molecule has 1 aliphatic rings. The van der Waals surface area contributed by atoms with Crippen molar-refractivity contribution in [2.45, 2.75) is 46.0 Å². The predicted octanol–water partition coefficient (Wildman–Crippen LogP) is 2.67. The molecule has 110 valence electrons. The fourth-order valence-corrected chi connectivity index (χ4v) is 2.94. The third-order valence-electron chi connectivity index (χ3n) is 4.92. The van der Waals surface area contributed by atoms with Crippen LogP contribution in [0.5, 0.6) is 0 Å². The predicted molar refractivity (Wildman–Crippen MR) is 82.9 cm³/mol. The molecule has 2 rings (SSSR count). The summed E-state index contributed by atoms with van der Waals surface area (Å²) < 4.78 is 0. The standard InChI is InChI=1S/C17H26N2O/c1-3-17(4-2,11-18)12-19-16(20)15-9-8-13-6-5-7-14(13)10-15/h8-10H,3-7,11-12,18H2,1-2H3,(H,19,20). The fraction of sp³-hybridized carbons (Fsp3) is 0.588. The van der Waals surface area contributed by atoms with Gasteiger partial charge in [0.2, 0.25) is 0 Å². The van der Waals surface area contributed by atoms with Crippen molar-refractivity contribution >= 4 is 5.91 Å². The molecule has 3 N–H and O–H groups in total. The van der Waals surface area contributed by atoms with E-state index in [1.807, 2.05) is 6.07 Å². The number of rotatable bonds is 6. The van der Waals surface area contributed by atoms with Crippen LogP contribution < -0.4 is 11.1 Å². The lowest BCUT2D eigenvalue weighted by atomic mass is 9.82. The molecule has 0 bridgehead atoms. The van der Waals surface area contributed by atoms with Gasteiger partial charge in [0.1, 0.15) is 0 Å². The highest BCUT2D eigenvalue weighted by Gasteiger charge is 2.25. The molecule has 1 aliphatic carbocycles. The third-order valence-corrected chi connectivity index (χ3v) is 4.92. The van der Waals surface area contributed by atoms with Gasteiger partial charge in [-0.05, 0) is 67.3 Å². The molecule has 0 atom stereocenters. The van der Waals surface area contributed by atoms with Gasteiger partial charge in [0.25, 0.3) is 5.91 Å². The number of carbonyl (C=O) groups is 1. The van der Waals surface area contributed by atoms with E-state index in [1.54, 1.807) is 0 Å². The van der Waals surface area contributed by atoms with E-state index in [2.05, 4.69) is 31.3 Å². The Balaban J connectivity index is 2.02. The minimum absolute atomic E-state index is 0.0272. The molecule has 0 unspecified atom stereocenters. The average molecular weight is 274 g/mol. The van der Waals surface area contributed by atoms with Gasteiger partial charge in [0.15, 0.2) is 0 Å². The molecule has 20 heavy (non-hydrogen) atoms. The van der Waals surface area contributed by atoms with Crippen LogP contribution in [-0.4, -0.2) is 19.0 Å². The largest absolute Gasteiger partial charge is 0.351 e. The normalized spacial score (nSPS) is 14.2. The summed E-state index contributed by atoms with van der Waals surface area (Å²) in [6.45, 7) is 5.55. The highest BCUT2D eigenvalue weighted by molar-refractivity contribution is 5.94. The summed E-state index contributed by atoms with van der Waals surface area (Å²) >= 11 is 0. The maximum atomic E-state index is 12.3. The van der Waals surface area contributed by atoms with Crippen LogP contribution in [-0.2, 0) is 12.8 Å². The molecule has 0 saturated carbocycles. The number of hydrogen-bond donors (Lipinski definition) is 2. The van der Waals surface area contributed by atoms with Crippen molar-refractivity contribution in [2.75, 3.05) is 13.1 Å². The first kappa shape index (κ1) is 15.0.